The van der Waals surface area contributed by atoms with Crippen molar-refractivity contribution in [2.24, 2.45) is 0 Å². The Kier molecular flexibility index (Phi) is 2.32. The molecule has 1 aliphatic rings. The normalized spacial score (nSPS) is 29.8. The first-order chi connectivity index (χ1) is 3.79. The molecule has 1 aliphatic carbocycles. The molecule has 1 rings (SSSR count). The molecule has 1 unspecified atom stereocenters. The van der Waals surface area contributed by atoms with Gasteiger partial charge in [-0.15, -0.1) is 12.6 Å². The van der Waals surface area contributed by atoms with E-state index in [-0.39, 0.29) is 0 Å². The second-order valence-electron chi connectivity index (χ2n) is 2.12. The van der Waals surface area contributed by atoms with Crippen LogP contribution in [0, 0.1) is 0 Å². The zero-order chi connectivity index (χ0) is 5.98. The van der Waals surface area contributed by atoms with Crippen molar-refractivity contribution in [3.05, 3.63) is 11.0 Å². The first kappa shape index (κ1) is 6.56. The Morgan fingerprint density at radius 1 is 1.62 bits per heavy atom. The average molecular weight is 146 g/mol. The Hall–Kier alpha value is 0.440. The Morgan fingerprint density at radius 2 is 2.38 bits per heavy atom. The molecular formula is C6H10S2. The third-order valence-corrected chi connectivity index (χ3v) is 2.23. The van der Waals surface area contributed by atoms with Gasteiger partial charge in [-0.1, -0.05) is 6.08 Å². The minimum Gasteiger partial charge on any atom is -0.176 e. The van der Waals surface area contributed by atoms with Gasteiger partial charge in [0.15, 0.2) is 0 Å². The van der Waals surface area contributed by atoms with Crippen LogP contribution in [0.15, 0.2) is 11.0 Å². The van der Waals surface area contributed by atoms with Gasteiger partial charge in [-0.3, -0.25) is 0 Å². The van der Waals surface area contributed by atoms with Crippen LogP contribution in [-0.2, 0) is 0 Å². The van der Waals surface area contributed by atoms with E-state index in [4.69, 9.17) is 0 Å². The second kappa shape index (κ2) is 2.83. The van der Waals surface area contributed by atoms with Crippen molar-refractivity contribution in [1.29, 1.82) is 0 Å². The highest BCUT2D eigenvalue weighted by atomic mass is 32.1. The van der Waals surface area contributed by atoms with Gasteiger partial charge < -0.3 is 0 Å². The fourth-order valence-corrected chi connectivity index (χ4v) is 1.28. The van der Waals surface area contributed by atoms with E-state index < -0.39 is 0 Å². The molecule has 2 heteroatoms. The van der Waals surface area contributed by atoms with Gasteiger partial charge in [-0.05, 0) is 24.2 Å². The molecule has 0 saturated heterocycles. The topological polar surface area (TPSA) is 0 Å². The third kappa shape index (κ3) is 1.75. The summed E-state index contributed by atoms with van der Waals surface area (Å²) in [6.45, 7) is 0. The molecule has 0 bridgehead atoms. The van der Waals surface area contributed by atoms with Crippen molar-refractivity contribution < 1.29 is 0 Å². The molecule has 0 saturated carbocycles. The highest BCUT2D eigenvalue weighted by Crippen LogP contribution is 2.23. The monoisotopic (exact) mass is 146 g/mol. The van der Waals surface area contributed by atoms with E-state index in [1.165, 1.54) is 11.3 Å². The molecule has 0 radical (unpaired) electrons. The summed E-state index contributed by atoms with van der Waals surface area (Å²) >= 11 is 8.55. The fraction of sp³-hybridized carbons (Fsp3) is 0.667. The summed E-state index contributed by atoms with van der Waals surface area (Å²) in [4.78, 5) is 1.23. The van der Waals surface area contributed by atoms with Gasteiger partial charge in [0, 0.05) is 5.25 Å². The lowest BCUT2D eigenvalue weighted by Gasteiger charge is -2.13. The first-order valence-corrected chi connectivity index (χ1v) is 3.81. The van der Waals surface area contributed by atoms with Crippen LogP contribution in [0.5, 0.6) is 0 Å². The SMILES string of the molecule is SC1=CCC(S)CC1. The molecule has 0 nitrogen and oxygen atoms in total. The molecule has 46 valence electrons. The van der Waals surface area contributed by atoms with E-state index in [0.717, 1.165) is 12.8 Å². The van der Waals surface area contributed by atoms with Crippen LogP contribution in [0.4, 0.5) is 0 Å². The molecule has 0 aromatic carbocycles. The van der Waals surface area contributed by atoms with E-state index in [2.05, 4.69) is 31.3 Å². The van der Waals surface area contributed by atoms with E-state index >= 15 is 0 Å². The highest BCUT2D eigenvalue weighted by Gasteiger charge is 2.06. The summed E-state index contributed by atoms with van der Waals surface area (Å²) in [5, 5.41) is 0.589. The highest BCUT2D eigenvalue weighted by molar-refractivity contribution is 7.84. The van der Waals surface area contributed by atoms with Crippen molar-refractivity contribution in [3.63, 3.8) is 0 Å². The van der Waals surface area contributed by atoms with Gasteiger partial charge in [0.05, 0.1) is 0 Å². The van der Waals surface area contributed by atoms with Crippen LogP contribution in [-0.4, -0.2) is 5.25 Å². The van der Waals surface area contributed by atoms with Gasteiger partial charge in [0.1, 0.15) is 0 Å². The van der Waals surface area contributed by atoms with E-state index in [0.29, 0.717) is 5.25 Å². The van der Waals surface area contributed by atoms with Crippen LogP contribution in [0.25, 0.3) is 0 Å². The van der Waals surface area contributed by atoms with Crippen molar-refractivity contribution in [2.75, 3.05) is 0 Å². The summed E-state index contributed by atoms with van der Waals surface area (Å²) in [5.41, 5.74) is 0. The molecule has 0 fully saturated rings. The molecule has 0 aromatic rings. The minimum absolute atomic E-state index is 0.589. The van der Waals surface area contributed by atoms with Crippen molar-refractivity contribution >= 4 is 25.3 Å². The predicted molar refractivity (Wildman–Crippen MR) is 43.7 cm³/mol. The number of hydrogen-bond donors (Lipinski definition) is 2. The van der Waals surface area contributed by atoms with Gasteiger partial charge in [0.25, 0.3) is 0 Å². The molecule has 0 N–H and O–H groups in total. The summed E-state index contributed by atoms with van der Waals surface area (Å²) in [6.07, 6.45) is 5.57. The lowest BCUT2D eigenvalue weighted by molar-refractivity contribution is 0.746. The van der Waals surface area contributed by atoms with Gasteiger partial charge >= 0.3 is 0 Å². The molecule has 0 aliphatic heterocycles. The average Bonchev–Trinajstić information content (AvgIpc) is 1.77. The zero-order valence-corrected chi connectivity index (χ0v) is 6.46. The number of allylic oxidation sites excluding steroid dienone is 2. The van der Waals surface area contributed by atoms with Gasteiger partial charge in [-0.25, -0.2) is 0 Å². The molecule has 0 aromatic heterocycles. The van der Waals surface area contributed by atoms with E-state index in [1.807, 2.05) is 0 Å². The summed E-state index contributed by atoms with van der Waals surface area (Å²) in [7, 11) is 0. The Balaban J connectivity index is 2.42. The molecule has 0 spiro atoms. The summed E-state index contributed by atoms with van der Waals surface area (Å²) in [6, 6.07) is 0. The zero-order valence-electron chi connectivity index (χ0n) is 4.67. The van der Waals surface area contributed by atoms with E-state index in [9.17, 15) is 0 Å². The molecule has 1 atom stereocenters. The number of rotatable bonds is 0. The maximum absolute atomic E-state index is 4.32. The van der Waals surface area contributed by atoms with Crippen LogP contribution < -0.4 is 0 Å². The summed E-state index contributed by atoms with van der Waals surface area (Å²) in [5.74, 6) is 0. The quantitative estimate of drug-likeness (QED) is 0.481. The fourth-order valence-electron chi connectivity index (χ4n) is 0.806. The lowest BCUT2D eigenvalue weighted by atomic mass is 10.1. The Bertz CT molecular complexity index is 107. The minimum atomic E-state index is 0.589. The smallest absolute Gasteiger partial charge is 0.00550 e. The van der Waals surface area contributed by atoms with E-state index in [1.54, 1.807) is 0 Å². The molecule has 8 heavy (non-hydrogen) atoms. The molecular weight excluding hydrogens is 136 g/mol. The maximum Gasteiger partial charge on any atom is 0.00550 e. The first-order valence-electron chi connectivity index (χ1n) is 2.85. The maximum atomic E-state index is 4.32. The van der Waals surface area contributed by atoms with Crippen molar-refractivity contribution in [2.45, 2.75) is 24.5 Å². The van der Waals surface area contributed by atoms with Crippen LogP contribution in [0.3, 0.4) is 0 Å². The standard InChI is InChI=1S/C6H10S2/c7-5-1-2-6(8)4-3-5/h1,6-8H,2-4H2. The lowest BCUT2D eigenvalue weighted by Crippen LogP contribution is -2.01. The van der Waals surface area contributed by atoms with Gasteiger partial charge in [0.2, 0.25) is 0 Å². The van der Waals surface area contributed by atoms with Crippen molar-refractivity contribution in [3.8, 4) is 0 Å². The van der Waals surface area contributed by atoms with Crippen molar-refractivity contribution in [1.82, 2.24) is 0 Å². The summed E-state index contributed by atoms with van der Waals surface area (Å²) < 4.78 is 0. The van der Waals surface area contributed by atoms with Crippen LogP contribution in [0.1, 0.15) is 19.3 Å². The van der Waals surface area contributed by atoms with Gasteiger partial charge in [-0.2, -0.15) is 12.6 Å². The Morgan fingerprint density at radius 3 is 2.75 bits per heavy atom. The third-order valence-electron chi connectivity index (χ3n) is 1.36. The van der Waals surface area contributed by atoms with Crippen LogP contribution >= 0.6 is 25.3 Å². The molecule has 0 amide bonds. The molecule has 0 heterocycles. The largest absolute Gasteiger partial charge is 0.176 e. The number of thiol groups is 2. The Labute approximate surface area is 61.2 Å². The number of hydrogen-bond acceptors (Lipinski definition) is 2. The second-order valence-corrected chi connectivity index (χ2v) is 3.43. The van der Waals surface area contributed by atoms with Crippen LogP contribution in [0.2, 0.25) is 0 Å². The predicted octanol–water partition coefficient (Wildman–Crippen LogP) is 2.28.